The first-order chi connectivity index (χ1) is 6.10. The Morgan fingerprint density at radius 3 is 2.31 bits per heavy atom. The maximum atomic E-state index is 3.82. The quantitative estimate of drug-likeness (QED) is 0.598. The third-order valence-corrected chi connectivity index (χ3v) is 2.50. The normalized spacial score (nSPS) is 15.8. The van der Waals surface area contributed by atoms with E-state index in [2.05, 4.69) is 45.7 Å². The van der Waals surface area contributed by atoms with Gasteiger partial charge < -0.3 is 5.32 Å². The molecule has 1 N–H and O–H groups in total. The zero-order valence-electron chi connectivity index (χ0n) is 9.64. The molecule has 1 nitrogen and oxygen atoms in total. The molecule has 0 aliphatic rings. The molecule has 2 unspecified atom stereocenters. The standard InChI is InChI=1S/C12H25N/c1-6-11(5)8-12(7-2)9-13-10(3)4/h6,10-13H,1,7-9H2,2-5H3. The topological polar surface area (TPSA) is 12.0 Å². The molecule has 0 saturated carbocycles. The molecule has 0 radical (unpaired) electrons. The van der Waals surface area contributed by atoms with Gasteiger partial charge in [-0.2, -0.15) is 0 Å². The van der Waals surface area contributed by atoms with Crippen molar-refractivity contribution >= 4 is 0 Å². The Balaban J connectivity index is 3.68. The Morgan fingerprint density at radius 1 is 1.31 bits per heavy atom. The summed E-state index contributed by atoms with van der Waals surface area (Å²) in [5.74, 6) is 1.45. The fraction of sp³-hybridized carbons (Fsp3) is 0.833. The van der Waals surface area contributed by atoms with Gasteiger partial charge in [0.2, 0.25) is 0 Å². The van der Waals surface area contributed by atoms with E-state index in [4.69, 9.17) is 0 Å². The molecular formula is C12H25N. The summed E-state index contributed by atoms with van der Waals surface area (Å²) in [5, 5.41) is 3.49. The summed E-state index contributed by atoms with van der Waals surface area (Å²) < 4.78 is 0. The van der Waals surface area contributed by atoms with Crippen LogP contribution in [0.5, 0.6) is 0 Å². The van der Waals surface area contributed by atoms with Crippen molar-refractivity contribution in [1.82, 2.24) is 5.32 Å². The van der Waals surface area contributed by atoms with Crippen molar-refractivity contribution in [2.24, 2.45) is 11.8 Å². The highest BCUT2D eigenvalue weighted by Crippen LogP contribution is 2.15. The Hall–Kier alpha value is -0.300. The van der Waals surface area contributed by atoms with Crippen molar-refractivity contribution in [3.63, 3.8) is 0 Å². The molecule has 0 aromatic rings. The van der Waals surface area contributed by atoms with Crippen molar-refractivity contribution in [2.75, 3.05) is 6.54 Å². The molecule has 0 amide bonds. The molecule has 0 rings (SSSR count). The van der Waals surface area contributed by atoms with E-state index < -0.39 is 0 Å². The predicted molar refractivity (Wildman–Crippen MR) is 60.9 cm³/mol. The second-order valence-corrected chi connectivity index (χ2v) is 4.29. The van der Waals surface area contributed by atoms with Gasteiger partial charge in [0.05, 0.1) is 0 Å². The van der Waals surface area contributed by atoms with Gasteiger partial charge in [0.1, 0.15) is 0 Å². The van der Waals surface area contributed by atoms with Crippen LogP contribution >= 0.6 is 0 Å². The van der Waals surface area contributed by atoms with Crippen LogP contribution in [-0.4, -0.2) is 12.6 Å². The lowest BCUT2D eigenvalue weighted by Gasteiger charge is -2.19. The monoisotopic (exact) mass is 183 g/mol. The van der Waals surface area contributed by atoms with Crippen LogP contribution in [0.1, 0.15) is 40.5 Å². The molecule has 0 aromatic heterocycles. The van der Waals surface area contributed by atoms with Crippen LogP contribution in [-0.2, 0) is 0 Å². The summed E-state index contributed by atoms with van der Waals surface area (Å²) in [7, 11) is 0. The molecule has 0 fully saturated rings. The minimum atomic E-state index is 0.605. The molecule has 0 heterocycles. The molecule has 2 atom stereocenters. The SMILES string of the molecule is C=CC(C)CC(CC)CNC(C)C. The minimum absolute atomic E-state index is 0.605. The van der Waals surface area contributed by atoms with E-state index in [1.165, 1.54) is 12.8 Å². The van der Waals surface area contributed by atoms with E-state index in [0.717, 1.165) is 12.5 Å². The summed E-state index contributed by atoms with van der Waals surface area (Å²) in [5.41, 5.74) is 0. The third-order valence-electron chi connectivity index (χ3n) is 2.50. The third kappa shape index (κ3) is 6.83. The summed E-state index contributed by atoms with van der Waals surface area (Å²) in [6.07, 6.45) is 4.58. The summed E-state index contributed by atoms with van der Waals surface area (Å²) in [6, 6.07) is 0.605. The number of hydrogen-bond donors (Lipinski definition) is 1. The Morgan fingerprint density at radius 2 is 1.92 bits per heavy atom. The maximum Gasteiger partial charge on any atom is 0.00104 e. The zero-order valence-corrected chi connectivity index (χ0v) is 9.64. The summed E-state index contributed by atoms with van der Waals surface area (Å²) in [4.78, 5) is 0. The van der Waals surface area contributed by atoms with E-state index in [9.17, 15) is 0 Å². The van der Waals surface area contributed by atoms with Crippen molar-refractivity contribution in [3.05, 3.63) is 12.7 Å². The Labute approximate surface area is 83.6 Å². The molecule has 0 spiro atoms. The second kappa shape index (κ2) is 7.14. The van der Waals surface area contributed by atoms with Crippen LogP contribution in [0.2, 0.25) is 0 Å². The van der Waals surface area contributed by atoms with Crippen LogP contribution in [0.25, 0.3) is 0 Å². The minimum Gasteiger partial charge on any atom is -0.314 e. The van der Waals surface area contributed by atoms with E-state index in [-0.39, 0.29) is 0 Å². The van der Waals surface area contributed by atoms with Crippen LogP contribution in [0, 0.1) is 11.8 Å². The smallest absolute Gasteiger partial charge is 0.00104 e. The molecule has 1 heteroatoms. The second-order valence-electron chi connectivity index (χ2n) is 4.29. The molecule has 0 aliphatic carbocycles. The van der Waals surface area contributed by atoms with Crippen molar-refractivity contribution in [3.8, 4) is 0 Å². The van der Waals surface area contributed by atoms with Gasteiger partial charge in [-0.15, -0.1) is 6.58 Å². The van der Waals surface area contributed by atoms with Gasteiger partial charge in [-0.1, -0.05) is 40.2 Å². The van der Waals surface area contributed by atoms with Gasteiger partial charge >= 0.3 is 0 Å². The van der Waals surface area contributed by atoms with E-state index in [1.54, 1.807) is 0 Å². The molecule has 0 aromatic carbocycles. The van der Waals surface area contributed by atoms with E-state index in [0.29, 0.717) is 12.0 Å². The van der Waals surface area contributed by atoms with Crippen LogP contribution in [0.15, 0.2) is 12.7 Å². The van der Waals surface area contributed by atoms with Crippen molar-refractivity contribution < 1.29 is 0 Å². The molecular weight excluding hydrogens is 158 g/mol. The Bertz CT molecular complexity index is 129. The van der Waals surface area contributed by atoms with Crippen LogP contribution in [0.3, 0.4) is 0 Å². The lowest BCUT2D eigenvalue weighted by atomic mass is 9.93. The average Bonchev–Trinajstić information content (AvgIpc) is 2.11. The first-order valence-corrected chi connectivity index (χ1v) is 5.46. The van der Waals surface area contributed by atoms with Gasteiger partial charge in [-0.3, -0.25) is 0 Å². The number of nitrogens with one attached hydrogen (secondary N) is 1. The zero-order chi connectivity index (χ0) is 10.3. The van der Waals surface area contributed by atoms with Crippen LogP contribution in [0.4, 0.5) is 0 Å². The highest BCUT2D eigenvalue weighted by Gasteiger charge is 2.09. The molecule has 0 bridgehead atoms. The fourth-order valence-corrected chi connectivity index (χ4v) is 1.42. The van der Waals surface area contributed by atoms with Gasteiger partial charge in [0, 0.05) is 6.04 Å². The number of hydrogen-bond acceptors (Lipinski definition) is 1. The molecule has 0 aliphatic heterocycles. The van der Waals surface area contributed by atoms with E-state index in [1.807, 2.05) is 0 Å². The molecule has 0 saturated heterocycles. The summed E-state index contributed by atoms with van der Waals surface area (Å²) in [6.45, 7) is 13.9. The molecule has 13 heavy (non-hydrogen) atoms. The van der Waals surface area contributed by atoms with Crippen LogP contribution < -0.4 is 5.32 Å². The Kier molecular flexibility index (Phi) is 6.97. The summed E-state index contributed by atoms with van der Waals surface area (Å²) >= 11 is 0. The van der Waals surface area contributed by atoms with Gasteiger partial charge in [0.25, 0.3) is 0 Å². The predicted octanol–water partition coefficient (Wildman–Crippen LogP) is 3.22. The highest BCUT2D eigenvalue weighted by molar-refractivity contribution is 4.78. The van der Waals surface area contributed by atoms with Crippen molar-refractivity contribution in [1.29, 1.82) is 0 Å². The van der Waals surface area contributed by atoms with Gasteiger partial charge in [0.15, 0.2) is 0 Å². The number of rotatable bonds is 7. The van der Waals surface area contributed by atoms with Gasteiger partial charge in [-0.25, -0.2) is 0 Å². The lowest BCUT2D eigenvalue weighted by molar-refractivity contribution is 0.381. The first-order valence-electron chi connectivity index (χ1n) is 5.46. The van der Waals surface area contributed by atoms with Gasteiger partial charge in [-0.05, 0) is 24.8 Å². The first kappa shape index (κ1) is 12.7. The van der Waals surface area contributed by atoms with Crippen molar-refractivity contribution in [2.45, 2.75) is 46.6 Å². The fourth-order valence-electron chi connectivity index (χ4n) is 1.42. The number of allylic oxidation sites excluding steroid dienone is 1. The highest BCUT2D eigenvalue weighted by atomic mass is 14.9. The van der Waals surface area contributed by atoms with E-state index >= 15 is 0 Å². The average molecular weight is 183 g/mol. The maximum absolute atomic E-state index is 3.82. The lowest BCUT2D eigenvalue weighted by Crippen LogP contribution is -2.29. The largest absolute Gasteiger partial charge is 0.314 e. The molecule has 78 valence electrons.